The standard InChI is InChI=1S/C14H15BrFNS/c1-3-10-5-7-13(18-10)14(17-2)11-8-9(15)4-6-12(11)16/h4-8,14,17H,3H2,1-2H3. The Hall–Kier alpha value is -0.710. The molecule has 1 heterocycles. The van der Waals surface area contributed by atoms with E-state index >= 15 is 0 Å². The smallest absolute Gasteiger partial charge is 0.128 e. The Morgan fingerprint density at radius 2 is 2.11 bits per heavy atom. The fourth-order valence-corrected chi connectivity index (χ4v) is 3.39. The van der Waals surface area contributed by atoms with E-state index in [0.29, 0.717) is 5.56 Å². The summed E-state index contributed by atoms with van der Waals surface area (Å²) in [5.74, 6) is -0.177. The molecule has 1 N–H and O–H groups in total. The third-order valence-electron chi connectivity index (χ3n) is 2.87. The molecule has 0 bridgehead atoms. The van der Waals surface area contributed by atoms with Crippen LogP contribution in [0, 0.1) is 5.82 Å². The quantitative estimate of drug-likeness (QED) is 0.870. The molecule has 0 amide bonds. The van der Waals surface area contributed by atoms with Crippen molar-refractivity contribution in [3.8, 4) is 0 Å². The summed E-state index contributed by atoms with van der Waals surface area (Å²) < 4.78 is 14.8. The molecule has 0 fully saturated rings. The average Bonchev–Trinajstić information content (AvgIpc) is 2.83. The highest BCUT2D eigenvalue weighted by Crippen LogP contribution is 2.31. The zero-order valence-corrected chi connectivity index (χ0v) is 12.7. The summed E-state index contributed by atoms with van der Waals surface area (Å²) in [6, 6.07) is 9.15. The summed E-state index contributed by atoms with van der Waals surface area (Å²) in [7, 11) is 1.86. The predicted octanol–water partition coefficient (Wildman–Crippen LogP) is 4.52. The van der Waals surface area contributed by atoms with Crippen molar-refractivity contribution < 1.29 is 4.39 Å². The van der Waals surface area contributed by atoms with Crippen LogP contribution >= 0.6 is 27.3 Å². The van der Waals surface area contributed by atoms with Gasteiger partial charge >= 0.3 is 0 Å². The fourth-order valence-electron chi connectivity index (χ4n) is 1.93. The highest BCUT2D eigenvalue weighted by Gasteiger charge is 2.18. The number of benzene rings is 1. The second-order valence-corrected chi connectivity index (χ2v) is 6.16. The van der Waals surface area contributed by atoms with E-state index in [-0.39, 0.29) is 11.9 Å². The number of hydrogen-bond acceptors (Lipinski definition) is 2. The minimum atomic E-state index is -0.177. The van der Waals surface area contributed by atoms with Crippen molar-refractivity contribution in [3.63, 3.8) is 0 Å². The Kier molecular flexibility index (Phi) is 4.54. The molecule has 0 spiro atoms. The van der Waals surface area contributed by atoms with E-state index in [2.05, 4.69) is 40.3 Å². The first-order valence-electron chi connectivity index (χ1n) is 5.86. The number of aryl methyl sites for hydroxylation is 1. The molecule has 1 aromatic heterocycles. The second-order valence-electron chi connectivity index (χ2n) is 4.05. The van der Waals surface area contributed by atoms with Crippen LogP contribution < -0.4 is 5.32 Å². The van der Waals surface area contributed by atoms with Crippen molar-refractivity contribution in [1.82, 2.24) is 5.32 Å². The number of hydrogen-bond donors (Lipinski definition) is 1. The molecule has 1 aromatic carbocycles. The van der Waals surface area contributed by atoms with Gasteiger partial charge in [0.1, 0.15) is 5.82 Å². The Morgan fingerprint density at radius 3 is 2.72 bits per heavy atom. The third-order valence-corrected chi connectivity index (χ3v) is 4.66. The Morgan fingerprint density at radius 1 is 1.33 bits per heavy atom. The van der Waals surface area contributed by atoms with Gasteiger partial charge < -0.3 is 5.32 Å². The molecule has 1 atom stereocenters. The lowest BCUT2D eigenvalue weighted by molar-refractivity contribution is 0.579. The molecular formula is C14H15BrFNS. The van der Waals surface area contributed by atoms with Gasteiger partial charge in [0.15, 0.2) is 0 Å². The van der Waals surface area contributed by atoms with E-state index in [1.807, 2.05) is 13.1 Å². The van der Waals surface area contributed by atoms with Crippen LogP contribution in [-0.2, 0) is 6.42 Å². The van der Waals surface area contributed by atoms with Crippen LogP contribution in [-0.4, -0.2) is 7.05 Å². The van der Waals surface area contributed by atoms with Crippen LogP contribution in [0.5, 0.6) is 0 Å². The second kappa shape index (κ2) is 5.95. The summed E-state index contributed by atoms with van der Waals surface area (Å²) in [6.45, 7) is 2.13. The van der Waals surface area contributed by atoms with Crippen molar-refractivity contribution in [2.45, 2.75) is 19.4 Å². The molecule has 1 nitrogen and oxygen atoms in total. The molecule has 0 aliphatic carbocycles. The van der Waals surface area contributed by atoms with E-state index in [9.17, 15) is 4.39 Å². The molecule has 0 radical (unpaired) electrons. The van der Waals surface area contributed by atoms with Gasteiger partial charge in [0.2, 0.25) is 0 Å². The average molecular weight is 328 g/mol. The minimum absolute atomic E-state index is 0.0900. The maximum absolute atomic E-state index is 13.9. The molecule has 0 saturated carbocycles. The van der Waals surface area contributed by atoms with E-state index < -0.39 is 0 Å². The summed E-state index contributed by atoms with van der Waals surface area (Å²) in [4.78, 5) is 2.46. The Balaban J connectivity index is 2.41. The van der Waals surface area contributed by atoms with Crippen molar-refractivity contribution in [2.24, 2.45) is 0 Å². The zero-order valence-electron chi connectivity index (χ0n) is 10.3. The van der Waals surface area contributed by atoms with Gasteiger partial charge in [0.25, 0.3) is 0 Å². The first-order chi connectivity index (χ1) is 8.65. The van der Waals surface area contributed by atoms with Gasteiger partial charge in [0.05, 0.1) is 6.04 Å². The van der Waals surface area contributed by atoms with Gasteiger partial charge in [-0.25, -0.2) is 4.39 Å². The maximum Gasteiger partial charge on any atom is 0.128 e. The first kappa shape index (κ1) is 13.7. The summed E-state index contributed by atoms with van der Waals surface area (Å²) in [5.41, 5.74) is 0.677. The molecule has 18 heavy (non-hydrogen) atoms. The normalized spacial score (nSPS) is 12.7. The van der Waals surface area contributed by atoms with Gasteiger partial charge in [-0.1, -0.05) is 22.9 Å². The number of halogens is 2. The molecule has 0 saturated heterocycles. The van der Waals surface area contributed by atoms with Gasteiger partial charge in [-0.3, -0.25) is 0 Å². The molecule has 0 aliphatic heterocycles. The lowest BCUT2D eigenvalue weighted by Crippen LogP contribution is -2.17. The van der Waals surface area contributed by atoms with Gasteiger partial charge in [-0.2, -0.15) is 0 Å². The lowest BCUT2D eigenvalue weighted by Gasteiger charge is -2.16. The maximum atomic E-state index is 13.9. The molecule has 0 aliphatic rings. The van der Waals surface area contributed by atoms with Gasteiger partial charge in [-0.05, 0) is 43.8 Å². The van der Waals surface area contributed by atoms with E-state index in [1.54, 1.807) is 17.4 Å². The summed E-state index contributed by atoms with van der Waals surface area (Å²) in [6.07, 6.45) is 1.02. The highest BCUT2D eigenvalue weighted by molar-refractivity contribution is 9.10. The molecule has 4 heteroatoms. The number of rotatable bonds is 4. The topological polar surface area (TPSA) is 12.0 Å². The lowest BCUT2D eigenvalue weighted by atomic mass is 10.1. The van der Waals surface area contributed by atoms with Crippen LogP contribution in [0.2, 0.25) is 0 Å². The molecule has 1 unspecified atom stereocenters. The van der Waals surface area contributed by atoms with Crippen molar-refractivity contribution >= 4 is 27.3 Å². The first-order valence-corrected chi connectivity index (χ1v) is 7.47. The molecular weight excluding hydrogens is 313 g/mol. The monoisotopic (exact) mass is 327 g/mol. The summed E-state index contributed by atoms with van der Waals surface area (Å²) in [5, 5.41) is 3.19. The Bertz CT molecular complexity index is 538. The van der Waals surface area contributed by atoms with Crippen LogP contribution in [0.25, 0.3) is 0 Å². The molecule has 96 valence electrons. The molecule has 2 rings (SSSR count). The SMILES string of the molecule is CCc1ccc(C(NC)c2cc(Br)ccc2F)s1. The Labute approximate surface area is 119 Å². The van der Waals surface area contributed by atoms with E-state index in [1.165, 1.54) is 10.9 Å². The van der Waals surface area contributed by atoms with Crippen LogP contribution in [0.3, 0.4) is 0 Å². The van der Waals surface area contributed by atoms with Crippen LogP contribution in [0.1, 0.15) is 28.3 Å². The minimum Gasteiger partial charge on any atom is -0.309 e. The largest absolute Gasteiger partial charge is 0.309 e. The van der Waals surface area contributed by atoms with Crippen molar-refractivity contribution in [3.05, 3.63) is 55.9 Å². The summed E-state index contributed by atoms with van der Waals surface area (Å²) >= 11 is 5.12. The number of nitrogens with one attached hydrogen (secondary N) is 1. The van der Waals surface area contributed by atoms with Crippen molar-refractivity contribution in [2.75, 3.05) is 7.05 Å². The highest BCUT2D eigenvalue weighted by atomic mass is 79.9. The van der Waals surface area contributed by atoms with Crippen LogP contribution in [0.4, 0.5) is 4.39 Å². The van der Waals surface area contributed by atoms with Crippen molar-refractivity contribution in [1.29, 1.82) is 0 Å². The third kappa shape index (κ3) is 2.82. The van der Waals surface area contributed by atoms with E-state index in [0.717, 1.165) is 15.8 Å². The van der Waals surface area contributed by atoms with Crippen LogP contribution in [0.15, 0.2) is 34.8 Å². The zero-order chi connectivity index (χ0) is 13.1. The molecule has 2 aromatic rings. The fraction of sp³-hybridized carbons (Fsp3) is 0.286. The van der Waals surface area contributed by atoms with Gasteiger partial charge in [-0.15, -0.1) is 11.3 Å². The van der Waals surface area contributed by atoms with Gasteiger partial charge in [0, 0.05) is 19.8 Å². The number of thiophene rings is 1. The predicted molar refractivity (Wildman–Crippen MR) is 78.7 cm³/mol. The van der Waals surface area contributed by atoms with E-state index in [4.69, 9.17) is 0 Å².